The van der Waals surface area contributed by atoms with Crippen molar-refractivity contribution < 1.29 is 14.6 Å². The summed E-state index contributed by atoms with van der Waals surface area (Å²) in [5.74, 6) is -0.762. The number of nitrogens with one attached hydrogen (secondary N) is 1. The Balaban J connectivity index is 2.32. The van der Waals surface area contributed by atoms with E-state index in [9.17, 15) is 9.90 Å². The summed E-state index contributed by atoms with van der Waals surface area (Å²) in [4.78, 5) is 13.8. The molecule has 1 saturated heterocycles. The van der Waals surface area contributed by atoms with Crippen molar-refractivity contribution >= 4 is 5.97 Å². The number of nitrogens with zero attached hydrogens (tertiary/aromatic N) is 1. The van der Waals surface area contributed by atoms with E-state index in [1.807, 2.05) is 13.8 Å². The number of unbranched alkanes of at least 4 members (excludes halogenated alkanes) is 1. The molecule has 0 saturated carbocycles. The fourth-order valence-corrected chi connectivity index (χ4v) is 3.18. The Kier molecular flexibility index (Phi) is 7.10. The summed E-state index contributed by atoms with van der Waals surface area (Å²) in [5, 5.41) is 12.6. The number of carboxylic acids is 1. The van der Waals surface area contributed by atoms with Crippen LogP contribution in [0.3, 0.4) is 0 Å². The molecule has 0 aromatic heterocycles. The Morgan fingerprint density at radius 1 is 1.48 bits per heavy atom. The maximum Gasteiger partial charge on any atom is 0.323 e. The maximum absolute atomic E-state index is 11.4. The minimum absolute atomic E-state index is 0.172. The number of ether oxygens (including phenoxy) is 1. The van der Waals surface area contributed by atoms with Gasteiger partial charge >= 0.3 is 5.97 Å². The molecule has 3 atom stereocenters. The zero-order chi connectivity index (χ0) is 16.0. The number of likely N-dealkylation sites (N-methyl/N-ethyl adjacent to an activating group) is 1. The molecule has 124 valence electrons. The zero-order valence-electron chi connectivity index (χ0n) is 14.2. The van der Waals surface area contributed by atoms with Crippen LogP contribution in [0.2, 0.25) is 0 Å². The highest BCUT2D eigenvalue weighted by Crippen LogP contribution is 2.20. The number of carbonyl (C=O) groups is 1. The molecule has 0 radical (unpaired) electrons. The molecule has 0 aromatic rings. The number of hydrogen-bond acceptors (Lipinski definition) is 4. The summed E-state index contributed by atoms with van der Waals surface area (Å²) in [6, 6.07) is 0.676. The first-order valence-electron chi connectivity index (χ1n) is 8.09. The van der Waals surface area contributed by atoms with Crippen LogP contribution >= 0.6 is 0 Å². The molecule has 1 heterocycles. The van der Waals surface area contributed by atoms with E-state index in [0.717, 1.165) is 32.4 Å². The zero-order valence-corrected chi connectivity index (χ0v) is 14.2. The first-order chi connectivity index (χ1) is 9.76. The highest BCUT2D eigenvalue weighted by Gasteiger charge is 2.33. The van der Waals surface area contributed by atoms with E-state index in [1.54, 1.807) is 6.92 Å². The monoisotopic (exact) mass is 300 g/mol. The second kappa shape index (κ2) is 8.11. The van der Waals surface area contributed by atoms with Gasteiger partial charge < -0.3 is 14.7 Å². The second-order valence-corrected chi connectivity index (χ2v) is 6.81. The number of carboxylic acid groups (broad SMARTS) is 1. The van der Waals surface area contributed by atoms with Crippen molar-refractivity contribution in [3.8, 4) is 0 Å². The molecule has 0 spiro atoms. The Labute approximate surface area is 129 Å². The molecular formula is C16H32N2O3. The molecule has 0 amide bonds. The summed E-state index contributed by atoms with van der Waals surface area (Å²) in [5.41, 5.74) is -0.823. The van der Waals surface area contributed by atoms with Crippen LogP contribution in [-0.4, -0.2) is 59.9 Å². The van der Waals surface area contributed by atoms with Crippen molar-refractivity contribution in [3.63, 3.8) is 0 Å². The molecule has 1 rings (SSSR count). The molecule has 0 aromatic carbocycles. The van der Waals surface area contributed by atoms with Gasteiger partial charge in [0.15, 0.2) is 0 Å². The van der Waals surface area contributed by atoms with Crippen LogP contribution in [0.1, 0.15) is 53.4 Å². The lowest BCUT2D eigenvalue weighted by Gasteiger charge is -2.30. The highest BCUT2D eigenvalue weighted by molar-refractivity contribution is 5.78. The number of hydrogen-bond donors (Lipinski definition) is 2. The third kappa shape index (κ3) is 5.57. The summed E-state index contributed by atoms with van der Waals surface area (Å²) in [6.45, 7) is 9.72. The molecule has 5 nitrogen and oxygen atoms in total. The molecule has 2 N–H and O–H groups in total. The Morgan fingerprint density at radius 3 is 2.62 bits per heavy atom. The minimum atomic E-state index is -0.823. The minimum Gasteiger partial charge on any atom is -0.480 e. The Bertz CT molecular complexity index is 335. The molecular weight excluding hydrogens is 268 g/mol. The first-order valence-corrected chi connectivity index (χ1v) is 8.09. The molecule has 1 aliphatic rings. The van der Waals surface area contributed by atoms with Gasteiger partial charge in [-0.05, 0) is 67.0 Å². The average molecular weight is 300 g/mol. The van der Waals surface area contributed by atoms with Gasteiger partial charge in [-0.2, -0.15) is 0 Å². The van der Waals surface area contributed by atoms with E-state index >= 15 is 0 Å². The number of rotatable bonds is 9. The van der Waals surface area contributed by atoms with E-state index in [2.05, 4.69) is 24.2 Å². The number of aliphatic carboxylic acids is 1. The predicted octanol–water partition coefficient (Wildman–Crippen LogP) is 2.11. The lowest BCUT2D eigenvalue weighted by atomic mass is 9.94. The lowest BCUT2D eigenvalue weighted by molar-refractivity contribution is -0.144. The fourth-order valence-electron chi connectivity index (χ4n) is 3.18. The van der Waals surface area contributed by atoms with Gasteiger partial charge in [0.25, 0.3) is 0 Å². The van der Waals surface area contributed by atoms with Crippen LogP contribution in [0.25, 0.3) is 0 Å². The van der Waals surface area contributed by atoms with Gasteiger partial charge in [0.1, 0.15) is 5.54 Å². The molecule has 1 fully saturated rings. The third-order valence-electron chi connectivity index (χ3n) is 4.42. The second-order valence-electron chi connectivity index (χ2n) is 6.81. The SMILES string of the molecule is CC(C)NC(C)(CCCCN(C)C1CCOC1C)C(=O)O. The molecule has 1 aliphatic heterocycles. The van der Waals surface area contributed by atoms with Gasteiger partial charge in [-0.3, -0.25) is 10.1 Å². The summed E-state index contributed by atoms with van der Waals surface area (Å²) in [6.07, 6.45) is 3.99. The largest absolute Gasteiger partial charge is 0.480 e. The Morgan fingerprint density at radius 2 is 2.14 bits per heavy atom. The van der Waals surface area contributed by atoms with Crippen LogP contribution in [-0.2, 0) is 9.53 Å². The van der Waals surface area contributed by atoms with E-state index in [1.165, 1.54) is 0 Å². The summed E-state index contributed by atoms with van der Waals surface area (Å²) >= 11 is 0. The quantitative estimate of drug-likeness (QED) is 0.639. The van der Waals surface area contributed by atoms with Crippen LogP contribution < -0.4 is 5.32 Å². The van der Waals surface area contributed by atoms with Gasteiger partial charge in [-0.25, -0.2) is 0 Å². The third-order valence-corrected chi connectivity index (χ3v) is 4.42. The van der Waals surface area contributed by atoms with E-state index < -0.39 is 11.5 Å². The average Bonchev–Trinajstić information content (AvgIpc) is 2.79. The molecule has 0 bridgehead atoms. The standard InChI is InChI=1S/C16H32N2O3/c1-12(2)17-16(4,15(19)20)9-6-7-10-18(5)14-8-11-21-13(14)3/h12-14,17H,6-11H2,1-5H3,(H,19,20). The normalized spacial score (nSPS) is 25.5. The van der Waals surface area contributed by atoms with Crippen LogP contribution in [0.5, 0.6) is 0 Å². The van der Waals surface area contributed by atoms with Gasteiger partial charge in [0.2, 0.25) is 0 Å². The molecule has 5 heteroatoms. The smallest absolute Gasteiger partial charge is 0.323 e. The first kappa shape index (κ1) is 18.4. The molecule has 0 aliphatic carbocycles. The van der Waals surface area contributed by atoms with Gasteiger partial charge in [0, 0.05) is 18.7 Å². The highest BCUT2D eigenvalue weighted by atomic mass is 16.5. The lowest BCUT2D eigenvalue weighted by Crippen LogP contribution is -2.52. The van der Waals surface area contributed by atoms with E-state index in [4.69, 9.17) is 4.74 Å². The van der Waals surface area contributed by atoms with Crippen molar-refractivity contribution in [1.29, 1.82) is 0 Å². The maximum atomic E-state index is 11.4. The van der Waals surface area contributed by atoms with E-state index in [0.29, 0.717) is 18.6 Å². The summed E-state index contributed by atoms with van der Waals surface area (Å²) < 4.78 is 5.59. The van der Waals surface area contributed by atoms with Crippen molar-refractivity contribution in [2.45, 2.75) is 77.1 Å². The van der Waals surface area contributed by atoms with E-state index in [-0.39, 0.29) is 6.04 Å². The molecule has 3 unspecified atom stereocenters. The predicted molar refractivity (Wildman–Crippen MR) is 84.6 cm³/mol. The topological polar surface area (TPSA) is 61.8 Å². The fraction of sp³-hybridized carbons (Fsp3) is 0.938. The van der Waals surface area contributed by atoms with Crippen LogP contribution in [0.15, 0.2) is 0 Å². The van der Waals surface area contributed by atoms with Crippen LogP contribution in [0, 0.1) is 0 Å². The van der Waals surface area contributed by atoms with Gasteiger partial charge in [-0.1, -0.05) is 0 Å². The Hall–Kier alpha value is -0.650. The van der Waals surface area contributed by atoms with Crippen molar-refractivity contribution in [2.24, 2.45) is 0 Å². The van der Waals surface area contributed by atoms with Crippen molar-refractivity contribution in [2.75, 3.05) is 20.2 Å². The van der Waals surface area contributed by atoms with Crippen molar-refractivity contribution in [3.05, 3.63) is 0 Å². The van der Waals surface area contributed by atoms with Crippen LogP contribution in [0.4, 0.5) is 0 Å². The van der Waals surface area contributed by atoms with Gasteiger partial charge in [0.05, 0.1) is 6.10 Å². The molecule has 21 heavy (non-hydrogen) atoms. The van der Waals surface area contributed by atoms with Crippen molar-refractivity contribution in [1.82, 2.24) is 10.2 Å². The van der Waals surface area contributed by atoms with Gasteiger partial charge in [-0.15, -0.1) is 0 Å². The summed E-state index contributed by atoms with van der Waals surface area (Å²) in [7, 11) is 2.14.